The Balaban J connectivity index is 1.49. The molecule has 0 saturated carbocycles. The van der Waals surface area contributed by atoms with Gasteiger partial charge in [0.1, 0.15) is 11.4 Å². The van der Waals surface area contributed by atoms with Gasteiger partial charge >= 0.3 is 0 Å². The Kier molecular flexibility index (Phi) is 7.37. The molecule has 3 rings (SSSR count). The van der Waals surface area contributed by atoms with Crippen molar-refractivity contribution < 1.29 is 19.2 Å². The highest BCUT2D eigenvalue weighted by molar-refractivity contribution is 6.04. The monoisotopic (exact) mass is 434 g/mol. The first kappa shape index (κ1) is 22.3. The number of benzene rings is 3. The van der Waals surface area contributed by atoms with E-state index in [1.807, 2.05) is 0 Å². The zero-order valence-electron chi connectivity index (χ0n) is 17.3. The summed E-state index contributed by atoms with van der Waals surface area (Å²) in [5.41, 5.74) is 1.94. The molecule has 9 heteroatoms. The quantitative estimate of drug-likeness (QED) is 0.341. The number of carbonyl (C=O) groups is 2. The Morgan fingerprint density at radius 2 is 1.53 bits per heavy atom. The maximum Gasteiger partial charge on any atom is 0.292 e. The smallest absolute Gasteiger partial charge is 0.292 e. The van der Waals surface area contributed by atoms with E-state index in [0.717, 1.165) is 0 Å². The highest BCUT2D eigenvalue weighted by Crippen LogP contribution is 2.23. The average Bonchev–Trinajstić information content (AvgIpc) is 2.80. The van der Waals surface area contributed by atoms with Gasteiger partial charge in [-0.25, -0.2) is 0 Å². The average molecular weight is 434 g/mol. The van der Waals surface area contributed by atoms with Crippen LogP contribution < -0.4 is 20.7 Å². The fraction of sp³-hybridized carbons (Fsp3) is 0.130. The van der Waals surface area contributed by atoms with E-state index in [9.17, 15) is 19.7 Å². The van der Waals surface area contributed by atoms with Crippen LogP contribution in [-0.2, 0) is 4.79 Å². The summed E-state index contributed by atoms with van der Waals surface area (Å²) < 4.78 is 5.09. The minimum absolute atomic E-state index is 0.0450. The second-order valence-electron chi connectivity index (χ2n) is 6.76. The first-order valence-electron chi connectivity index (χ1n) is 9.79. The van der Waals surface area contributed by atoms with E-state index < -0.39 is 4.92 Å². The first-order chi connectivity index (χ1) is 15.5. The van der Waals surface area contributed by atoms with Crippen LogP contribution in [0, 0.1) is 10.1 Å². The maximum atomic E-state index is 12.4. The van der Waals surface area contributed by atoms with Crippen molar-refractivity contribution in [2.45, 2.75) is 6.42 Å². The van der Waals surface area contributed by atoms with E-state index in [-0.39, 0.29) is 30.5 Å². The number of methoxy groups -OCH3 is 1. The summed E-state index contributed by atoms with van der Waals surface area (Å²) in [7, 11) is 1.57. The molecule has 0 saturated heterocycles. The summed E-state index contributed by atoms with van der Waals surface area (Å²) in [6.07, 6.45) is 0.117. The Bertz CT molecular complexity index is 1100. The van der Waals surface area contributed by atoms with Crippen LogP contribution in [0.4, 0.5) is 22.7 Å². The summed E-state index contributed by atoms with van der Waals surface area (Å²) in [6, 6.07) is 19.7. The van der Waals surface area contributed by atoms with Gasteiger partial charge in [0.15, 0.2) is 0 Å². The van der Waals surface area contributed by atoms with Crippen LogP contribution in [0.15, 0.2) is 72.8 Å². The van der Waals surface area contributed by atoms with Crippen molar-refractivity contribution in [1.82, 2.24) is 0 Å². The summed E-state index contributed by atoms with van der Waals surface area (Å²) >= 11 is 0. The Hall–Kier alpha value is -4.40. The van der Waals surface area contributed by atoms with Crippen molar-refractivity contribution in [3.63, 3.8) is 0 Å². The van der Waals surface area contributed by atoms with E-state index in [1.54, 1.807) is 73.8 Å². The van der Waals surface area contributed by atoms with Gasteiger partial charge in [0.05, 0.1) is 12.0 Å². The number of nitrogens with one attached hydrogen (secondary N) is 3. The van der Waals surface area contributed by atoms with Gasteiger partial charge in [0.25, 0.3) is 11.6 Å². The lowest BCUT2D eigenvalue weighted by atomic mass is 10.2. The maximum absolute atomic E-state index is 12.4. The Morgan fingerprint density at radius 1 is 0.906 bits per heavy atom. The second-order valence-corrected chi connectivity index (χ2v) is 6.76. The van der Waals surface area contributed by atoms with Crippen LogP contribution >= 0.6 is 0 Å². The minimum Gasteiger partial charge on any atom is -0.497 e. The standard InChI is InChI=1S/C23H22N4O5/c1-32-19-12-10-18(11-13-19)26-23(29)16-6-8-17(9-7-16)25-22(28)14-15-24-20-4-2-3-5-21(20)27(30)31/h2-13,24H,14-15H2,1H3,(H,25,28)(H,26,29). The lowest BCUT2D eigenvalue weighted by Gasteiger charge is -2.09. The predicted octanol–water partition coefficient (Wildman–Crippen LogP) is 4.30. The fourth-order valence-corrected chi connectivity index (χ4v) is 2.90. The molecule has 0 unspecified atom stereocenters. The molecule has 0 bridgehead atoms. The number of anilines is 3. The van der Waals surface area contributed by atoms with Gasteiger partial charge in [-0.1, -0.05) is 12.1 Å². The molecule has 0 heterocycles. The third-order valence-corrected chi connectivity index (χ3v) is 4.55. The number of para-hydroxylation sites is 2. The van der Waals surface area contributed by atoms with Crippen molar-refractivity contribution in [3.05, 3.63) is 88.5 Å². The number of hydrogen-bond acceptors (Lipinski definition) is 6. The number of amides is 2. The van der Waals surface area contributed by atoms with E-state index in [0.29, 0.717) is 28.4 Å². The molecular weight excluding hydrogens is 412 g/mol. The molecule has 0 fully saturated rings. The molecule has 0 aliphatic rings. The van der Waals surface area contributed by atoms with Gasteiger partial charge in [-0.15, -0.1) is 0 Å². The molecule has 9 nitrogen and oxygen atoms in total. The molecule has 3 aromatic carbocycles. The van der Waals surface area contributed by atoms with Crippen LogP contribution in [-0.4, -0.2) is 30.4 Å². The minimum atomic E-state index is -0.477. The zero-order chi connectivity index (χ0) is 22.9. The predicted molar refractivity (Wildman–Crippen MR) is 122 cm³/mol. The third-order valence-electron chi connectivity index (χ3n) is 4.55. The zero-order valence-corrected chi connectivity index (χ0v) is 17.3. The SMILES string of the molecule is COc1ccc(NC(=O)c2ccc(NC(=O)CCNc3ccccc3[N+](=O)[O-])cc2)cc1. The molecule has 0 aromatic heterocycles. The molecule has 164 valence electrons. The Labute approximate surface area is 184 Å². The van der Waals surface area contributed by atoms with E-state index >= 15 is 0 Å². The van der Waals surface area contributed by atoms with Crippen molar-refractivity contribution in [2.24, 2.45) is 0 Å². The number of rotatable bonds is 9. The summed E-state index contributed by atoms with van der Waals surface area (Å²) in [4.78, 5) is 35.1. The van der Waals surface area contributed by atoms with E-state index in [2.05, 4.69) is 16.0 Å². The molecule has 32 heavy (non-hydrogen) atoms. The van der Waals surface area contributed by atoms with Gasteiger partial charge in [0.2, 0.25) is 5.91 Å². The lowest BCUT2D eigenvalue weighted by molar-refractivity contribution is -0.384. The highest BCUT2D eigenvalue weighted by atomic mass is 16.6. The number of ether oxygens (including phenoxy) is 1. The summed E-state index contributed by atoms with van der Waals surface area (Å²) in [5, 5.41) is 19.4. The number of carbonyl (C=O) groups excluding carboxylic acids is 2. The van der Waals surface area contributed by atoms with Crippen molar-refractivity contribution in [2.75, 3.05) is 29.6 Å². The number of nitro benzene ring substituents is 1. The summed E-state index contributed by atoms with van der Waals surface area (Å²) in [6.45, 7) is 0.235. The summed E-state index contributed by atoms with van der Waals surface area (Å²) in [5.74, 6) is 0.161. The van der Waals surface area contributed by atoms with Gasteiger partial charge in [-0.3, -0.25) is 19.7 Å². The molecule has 0 radical (unpaired) electrons. The van der Waals surface area contributed by atoms with Crippen molar-refractivity contribution in [3.8, 4) is 5.75 Å². The van der Waals surface area contributed by atoms with Crippen LogP contribution in [0.1, 0.15) is 16.8 Å². The molecule has 0 aliphatic carbocycles. The lowest BCUT2D eigenvalue weighted by Crippen LogP contribution is -2.17. The molecular formula is C23H22N4O5. The van der Waals surface area contributed by atoms with Gasteiger partial charge in [-0.2, -0.15) is 0 Å². The van der Waals surface area contributed by atoms with Crippen molar-refractivity contribution >= 4 is 34.6 Å². The van der Waals surface area contributed by atoms with Crippen LogP contribution in [0.2, 0.25) is 0 Å². The molecule has 0 spiro atoms. The largest absolute Gasteiger partial charge is 0.497 e. The third kappa shape index (κ3) is 6.05. The molecule has 3 aromatic rings. The second kappa shape index (κ2) is 10.6. The van der Waals surface area contributed by atoms with Crippen LogP contribution in [0.25, 0.3) is 0 Å². The van der Waals surface area contributed by atoms with Gasteiger partial charge < -0.3 is 20.7 Å². The molecule has 0 aliphatic heterocycles. The molecule has 2 amide bonds. The van der Waals surface area contributed by atoms with Gasteiger partial charge in [-0.05, 0) is 54.6 Å². The number of nitro groups is 1. The van der Waals surface area contributed by atoms with Crippen molar-refractivity contribution in [1.29, 1.82) is 0 Å². The van der Waals surface area contributed by atoms with E-state index in [4.69, 9.17) is 4.74 Å². The molecule has 0 atom stereocenters. The van der Waals surface area contributed by atoms with Crippen LogP contribution in [0.3, 0.4) is 0 Å². The molecule has 3 N–H and O–H groups in total. The number of nitrogens with zero attached hydrogens (tertiary/aromatic N) is 1. The number of hydrogen-bond donors (Lipinski definition) is 3. The first-order valence-corrected chi connectivity index (χ1v) is 9.79. The fourth-order valence-electron chi connectivity index (χ4n) is 2.90. The normalized spacial score (nSPS) is 10.2. The van der Waals surface area contributed by atoms with Gasteiger partial charge in [0, 0.05) is 36.0 Å². The van der Waals surface area contributed by atoms with E-state index in [1.165, 1.54) is 6.07 Å². The van der Waals surface area contributed by atoms with Crippen LogP contribution in [0.5, 0.6) is 5.75 Å². The highest BCUT2D eigenvalue weighted by Gasteiger charge is 2.12. The topological polar surface area (TPSA) is 123 Å². The Morgan fingerprint density at radius 3 is 2.19 bits per heavy atom.